The van der Waals surface area contributed by atoms with Crippen molar-refractivity contribution in [1.82, 2.24) is 4.31 Å². The SMILES string of the molecule is CCCCCCCC1=CCN(S(=O)(=O)c2ccc(C)cc2)C1. The second-order valence-corrected chi connectivity index (χ2v) is 8.08. The molecule has 0 aliphatic carbocycles. The smallest absolute Gasteiger partial charge is 0.207 e. The molecule has 1 aromatic rings. The number of unbranched alkanes of at least 4 members (excludes halogenated alkanes) is 4. The van der Waals surface area contributed by atoms with Crippen LogP contribution in [0, 0.1) is 6.92 Å². The summed E-state index contributed by atoms with van der Waals surface area (Å²) in [6, 6.07) is 7.11. The van der Waals surface area contributed by atoms with Gasteiger partial charge in [0, 0.05) is 13.1 Å². The lowest BCUT2D eigenvalue weighted by molar-refractivity contribution is 0.480. The average Bonchev–Trinajstić information content (AvgIpc) is 2.97. The Hall–Kier alpha value is -1.13. The number of hydrogen-bond donors (Lipinski definition) is 0. The van der Waals surface area contributed by atoms with Gasteiger partial charge in [0.1, 0.15) is 0 Å². The highest BCUT2D eigenvalue weighted by Crippen LogP contribution is 2.23. The average molecular weight is 321 g/mol. The highest BCUT2D eigenvalue weighted by molar-refractivity contribution is 7.89. The minimum atomic E-state index is -3.35. The van der Waals surface area contributed by atoms with Crippen molar-refractivity contribution in [3.63, 3.8) is 0 Å². The molecule has 0 aromatic heterocycles. The lowest BCUT2D eigenvalue weighted by Gasteiger charge is -2.16. The minimum absolute atomic E-state index is 0.399. The zero-order valence-electron chi connectivity index (χ0n) is 13.7. The van der Waals surface area contributed by atoms with E-state index < -0.39 is 10.0 Å². The Morgan fingerprint density at radius 2 is 1.73 bits per heavy atom. The zero-order chi connectivity index (χ0) is 16.0. The maximum atomic E-state index is 12.6. The molecule has 0 radical (unpaired) electrons. The highest BCUT2D eigenvalue weighted by Gasteiger charge is 2.27. The van der Waals surface area contributed by atoms with E-state index in [0.717, 1.165) is 12.0 Å². The Bertz CT molecular complexity index is 602. The van der Waals surface area contributed by atoms with Crippen molar-refractivity contribution in [2.45, 2.75) is 57.3 Å². The van der Waals surface area contributed by atoms with Gasteiger partial charge in [-0.25, -0.2) is 8.42 Å². The van der Waals surface area contributed by atoms with E-state index >= 15 is 0 Å². The molecule has 122 valence electrons. The van der Waals surface area contributed by atoms with Crippen molar-refractivity contribution in [1.29, 1.82) is 0 Å². The first-order valence-electron chi connectivity index (χ1n) is 8.28. The van der Waals surface area contributed by atoms with Gasteiger partial charge in [-0.3, -0.25) is 0 Å². The first-order chi connectivity index (χ1) is 10.5. The van der Waals surface area contributed by atoms with Crippen LogP contribution in [0.1, 0.15) is 51.0 Å². The minimum Gasteiger partial charge on any atom is -0.207 e. The standard InChI is InChI=1S/C18H27NO2S/c1-3-4-5-6-7-8-17-13-14-19(15-17)22(20,21)18-11-9-16(2)10-12-18/h9-13H,3-8,14-15H2,1-2H3. The van der Waals surface area contributed by atoms with Crippen molar-refractivity contribution in [3.05, 3.63) is 41.5 Å². The van der Waals surface area contributed by atoms with E-state index in [2.05, 4.69) is 13.0 Å². The molecule has 0 saturated carbocycles. The summed E-state index contributed by atoms with van der Waals surface area (Å²) < 4.78 is 26.8. The van der Waals surface area contributed by atoms with Crippen LogP contribution >= 0.6 is 0 Å². The van der Waals surface area contributed by atoms with Gasteiger partial charge in [0.05, 0.1) is 4.90 Å². The number of benzene rings is 1. The third kappa shape index (κ3) is 4.43. The summed E-state index contributed by atoms with van der Waals surface area (Å²) in [4.78, 5) is 0.399. The molecule has 0 atom stereocenters. The number of nitrogens with zero attached hydrogens (tertiary/aromatic N) is 1. The highest BCUT2D eigenvalue weighted by atomic mass is 32.2. The Kier molecular flexibility index (Phi) is 6.21. The van der Waals surface area contributed by atoms with Gasteiger partial charge in [-0.15, -0.1) is 0 Å². The van der Waals surface area contributed by atoms with E-state index in [9.17, 15) is 8.42 Å². The van der Waals surface area contributed by atoms with E-state index in [0.29, 0.717) is 18.0 Å². The summed E-state index contributed by atoms with van der Waals surface area (Å²) in [5.74, 6) is 0. The van der Waals surface area contributed by atoms with E-state index in [1.807, 2.05) is 19.1 Å². The Balaban J connectivity index is 1.87. The van der Waals surface area contributed by atoms with Gasteiger partial charge in [0.2, 0.25) is 10.0 Å². The molecule has 0 unspecified atom stereocenters. The van der Waals surface area contributed by atoms with E-state index in [1.54, 1.807) is 16.4 Å². The second-order valence-electron chi connectivity index (χ2n) is 6.14. The first kappa shape index (κ1) is 17.2. The molecule has 0 spiro atoms. The Labute approximate surface area is 135 Å². The van der Waals surface area contributed by atoms with E-state index in [4.69, 9.17) is 0 Å². The number of sulfonamides is 1. The van der Waals surface area contributed by atoms with Crippen molar-refractivity contribution >= 4 is 10.0 Å². The predicted octanol–water partition coefficient (Wildman–Crippen LogP) is 4.29. The fourth-order valence-electron chi connectivity index (χ4n) is 2.77. The number of aryl methyl sites for hydroxylation is 1. The van der Waals surface area contributed by atoms with Crippen molar-refractivity contribution < 1.29 is 8.42 Å². The van der Waals surface area contributed by atoms with Crippen LogP contribution in [0.3, 0.4) is 0 Å². The molecular formula is C18H27NO2S. The van der Waals surface area contributed by atoms with Crippen molar-refractivity contribution in [3.8, 4) is 0 Å². The molecule has 22 heavy (non-hydrogen) atoms. The van der Waals surface area contributed by atoms with Crippen LogP contribution in [0.25, 0.3) is 0 Å². The summed E-state index contributed by atoms with van der Waals surface area (Å²) in [6.45, 7) is 5.25. The predicted molar refractivity (Wildman–Crippen MR) is 91.4 cm³/mol. The summed E-state index contributed by atoms with van der Waals surface area (Å²) >= 11 is 0. The van der Waals surface area contributed by atoms with Gasteiger partial charge >= 0.3 is 0 Å². The maximum Gasteiger partial charge on any atom is 0.243 e. The second kappa shape index (κ2) is 7.93. The van der Waals surface area contributed by atoms with Gasteiger partial charge in [0.25, 0.3) is 0 Å². The monoisotopic (exact) mass is 321 g/mol. The molecule has 0 amide bonds. The summed E-state index contributed by atoms with van der Waals surface area (Å²) in [5, 5.41) is 0. The topological polar surface area (TPSA) is 37.4 Å². The van der Waals surface area contributed by atoms with E-state index in [-0.39, 0.29) is 0 Å². The van der Waals surface area contributed by atoms with Gasteiger partial charge in [-0.2, -0.15) is 4.31 Å². The third-order valence-corrected chi connectivity index (χ3v) is 6.05. The molecule has 0 bridgehead atoms. The summed E-state index contributed by atoms with van der Waals surface area (Å²) in [7, 11) is -3.35. The van der Waals surface area contributed by atoms with Gasteiger partial charge in [-0.05, 0) is 31.9 Å². The molecule has 1 aliphatic heterocycles. The normalized spacial score (nSPS) is 16.0. The van der Waals surface area contributed by atoms with Gasteiger partial charge in [0.15, 0.2) is 0 Å². The quantitative estimate of drug-likeness (QED) is 0.529. The fraction of sp³-hybridized carbons (Fsp3) is 0.556. The Morgan fingerprint density at radius 1 is 1.05 bits per heavy atom. The molecular weight excluding hydrogens is 294 g/mol. The van der Waals surface area contributed by atoms with E-state index in [1.165, 1.54) is 37.7 Å². The molecule has 2 rings (SSSR count). The van der Waals surface area contributed by atoms with Crippen LogP contribution in [0.4, 0.5) is 0 Å². The van der Waals surface area contributed by atoms with Crippen LogP contribution in [0.5, 0.6) is 0 Å². The number of hydrogen-bond acceptors (Lipinski definition) is 2. The summed E-state index contributed by atoms with van der Waals surface area (Å²) in [6.07, 6.45) is 9.38. The van der Waals surface area contributed by atoms with Crippen LogP contribution in [-0.2, 0) is 10.0 Å². The number of rotatable bonds is 8. The van der Waals surface area contributed by atoms with Crippen LogP contribution in [0.2, 0.25) is 0 Å². The molecule has 1 aromatic carbocycles. The zero-order valence-corrected chi connectivity index (χ0v) is 14.5. The molecule has 0 fully saturated rings. The molecule has 1 heterocycles. The molecule has 0 N–H and O–H groups in total. The van der Waals surface area contributed by atoms with Crippen LogP contribution in [0.15, 0.2) is 40.8 Å². The molecule has 0 saturated heterocycles. The van der Waals surface area contributed by atoms with Crippen LogP contribution < -0.4 is 0 Å². The van der Waals surface area contributed by atoms with Gasteiger partial charge in [-0.1, -0.05) is 62.0 Å². The summed E-state index contributed by atoms with van der Waals surface area (Å²) in [5.41, 5.74) is 2.35. The lowest BCUT2D eigenvalue weighted by Crippen LogP contribution is -2.29. The fourth-order valence-corrected chi connectivity index (χ4v) is 4.15. The Morgan fingerprint density at radius 3 is 2.41 bits per heavy atom. The maximum absolute atomic E-state index is 12.6. The van der Waals surface area contributed by atoms with Crippen molar-refractivity contribution in [2.24, 2.45) is 0 Å². The first-order valence-corrected chi connectivity index (χ1v) is 9.73. The molecule has 1 aliphatic rings. The molecule has 3 nitrogen and oxygen atoms in total. The van der Waals surface area contributed by atoms with Gasteiger partial charge < -0.3 is 0 Å². The third-order valence-electron chi connectivity index (χ3n) is 4.22. The lowest BCUT2D eigenvalue weighted by atomic mass is 10.1. The largest absolute Gasteiger partial charge is 0.243 e. The van der Waals surface area contributed by atoms with Crippen molar-refractivity contribution in [2.75, 3.05) is 13.1 Å². The molecule has 4 heteroatoms. The van der Waals surface area contributed by atoms with Crippen LogP contribution in [-0.4, -0.2) is 25.8 Å².